The lowest BCUT2D eigenvalue weighted by molar-refractivity contribution is 0.140. The van der Waals surface area contributed by atoms with E-state index in [1.165, 1.54) is 5.56 Å². The van der Waals surface area contributed by atoms with Gasteiger partial charge in [-0.2, -0.15) is 0 Å². The lowest BCUT2D eigenvalue weighted by Gasteiger charge is -2.37. The van der Waals surface area contributed by atoms with Crippen LogP contribution in [0, 0.1) is 11.8 Å². The van der Waals surface area contributed by atoms with Crippen LogP contribution in [0.15, 0.2) is 53.3 Å². The van der Waals surface area contributed by atoms with Crippen LogP contribution in [0.25, 0.3) is 10.9 Å². The second-order valence-electron chi connectivity index (χ2n) is 11.9. The predicted molar refractivity (Wildman–Crippen MR) is 162 cm³/mol. The molecular formula is C32H41N7O3. The van der Waals surface area contributed by atoms with E-state index >= 15 is 0 Å². The highest BCUT2D eigenvalue weighted by molar-refractivity contribution is 5.83. The second kappa shape index (κ2) is 12.6. The number of nitrogens with zero attached hydrogens (tertiary/aromatic N) is 6. The summed E-state index contributed by atoms with van der Waals surface area (Å²) in [5.74, 6) is 3.04. The van der Waals surface area contributed by atoms with Crippen molar-refractivity contribution >= 4 is 10.9 Å². The number of pyridine rings is 1. The van der Waals surface area contributed by atoms with Gasteiger partial charge in [0.2, 0.25) is 0 Å². The molecule has 1 N–H and O–H groups in total. The molecule has 10 heteroatoms. The number of hydrogen-bond acceptors (Lipinski definition) is 8. The number of tetrazole rings is 1. The minimum Gasteiger partial charge on any atom is -0.493 e. The topological polar surface area (TPSA) is 101 Å². The van der Waals surface area contributed by atoms with Crippen LogP contribution < -0.4 is 15.0 Å². The summed E-state index contributed by atoms with van der Waals surface area (Å²) in [4.78, 5) is 21.7. The highest BCUT2D eigenvalue weighted by Gasteiger charge is 2.34. The number of likely N-dealkylation sites (tertiary alicyclic amines) is 2. The van der Waals surface area contributed by atoms with Crippen molar-refractivity contribution in [1.82, 2.24) is 35.0 Å². The van der Waals surface area contributed by atoms with Gasteiger partial charge in [-0.25, -0.2) is 4.68 Å². The number of hydrogen-bond donors (Lipinski definition) is 1. The number of nitrogens with one attached hydrogen (secondary N) is 1. The molecule has 2 aliphatic rings. The number of ether oxygens (including phenoxy) is 2. The predicted octanol–water partition coefficient (Wildman–Crippen LogP) is 3.92. The zero-order chi connectivity index (χ0) is 29.1. The van der Waals surface area contributed by atoms with E-state index < -0.39 is 0 Å². The van der Waals surface area contributed by atoms with E-state index in [4.69, 9.17) is 9.47 Å². The van der Waals surface area contributed by atoms with E-state index in [9.17, 15) is 4.79 Å². The maximum absolute atomic E-state index is 13.8. The average Bonchev–Trinajstić information content (AvgIpc) is 3.46. The molecule has 0 radical (unpaired) electrons. The fourth-order valence-electron chi connectivity index (χ4n) is 6.64. The monoisotopic (exact) mass is 571 g/mol. The zero-order valence-corrected chi connectivity index (χ0v) is 24.8. The number of rotatable bonds is 9. The van der Waals surface area contributed by atoms with Gasteiger partial charge in [-0.1, -0.05) is 30.3 Å². The molecule has 42 heavy (non-hydrogen) atoms. The highest BCUT2D eigenvalue weighted by Crippen LogP contribution is 2.35. The molecule has 10 nitrogen and oxygen atoms in total. The maximum Gasteiger partial charge on any atom is 0.253 e. The summed E-state index contributed by atoms with van der Waals surface area (Å²) in [5, 5.41) is 14.0. The summed E-state index contributed by atoms with van der Waals surface area (Å²) in [6, 6.07) is 16.1. The Kier molecular flexibility index (Phi) is 8.53. The standard InChI is InChI=1S/C32H41N7O3/c1-37-13-9-24(10-14-37)21-39-31(34-35-36-39)30(38-15-11-23(12-16-38)17-22-7-5-4-6-8-22)26-18-25-19-28(41-2)29(42-3)20-27(25)33-32(26)40/h4-8,18-20,23-24,30H,9-17,21H2,1-3H3,(H,33,40). The quantitative estimate of drug-likeness (QED) is 0.323. The third kappa shape index (κ3) is 6.05. The molecule has 0 bridgehead atoms. The molecule has 2 fully saturated rings. The zero-order valence-electron chi connectivity index (χ0n) is 24.8. The first kappa shape index (κ1) is 28.4. The number of H-pyrrole nitrogens is 1. The molecule has 4 aromatic rings. The van der Waals surface area contributed by atoms with Crippen molar-refractivity contribution < 1.29 is 9.47 Å². The van der Waals surface area contributed by atoms with Crippen LogP contribution >= 0.6 is 0 Å². The third-order valence-electron chi connectivity index (χ3n) is 9.13. The lowest BCUT2D eigenvalue weighted by Crippen LogP contribution is -2.41. The first-order valence-electron chi connectivity index (χ1n) is 15.0. The minimum absolute atomic E-state index is 0.139. The van der Waals surface area contributed by atoms with E-state index in [-0.39, 0.29) is 11.6 Å². The Hall–Kier alpha value is -3.76. The molecule has 2 aromatic carbocycles. The molecule has 6 rings (SSSR count). The summed E-state index contributed by atoms with van der Waals surface area (Å²) in [5.41, 5.74) is 2.59. The SMILES string of the molecule is COc1cc2cc(C(c3nnnn3CC3CCN(C)CC3)N3CCC(Cc4ccccc4)CC3)c(=O)[nH]c2cc1OC. The summed E-state index contributed by atoms with van der Waals surface area (Å²) in [6.07, 6.45) is 5.41. The van der Waals surface area contributed by atoms with Gasteiger partial charge in [0.25, 0.3) is 5.56 Å². The van der Waals surface area contributed by atoms with Gasteiger partial charge in [0.15, 0.2) is 17.3 Å². The van der Waals surface area contributed by atoms with E-state index in [0.717, 1.165) is 76.0 Å². The molecule has 222 valence electrons. The lowest BCUT2D eigenvalue weighted by atomic mass is 9.89. The van der Waals surface area contributed by atoms with Gasteiger partial charge in [0, 0.05) is 23.6 Å². The summed E-state index contributed by atoms with van der Waals surface area (Å²) < 4.78 is 13.0. The number of aromatic amines is 1. The molecular weight excluding hydrogens is 530 g/mol. The van der Waals surface area contributed by atoms with E-state index in [1.807, 2.05) is 22.9 Å². The van der Waals surface area contributed by atoms with E-state index in [2.05, 4.69) is 67.7 Å². The van der Waals surface area contributed by atoms with Crippen LogP contribution in [-0.2, 0) is 13.0 Å². The molecule has 1 atom stereocenters. The molecule has 2 aromatic heterocycles. The Morgan fingerprint density at radius 3 is 2.33 bits per heavy atom. The first-order chi connectivity index (χ1) is 20.5. The molecule has 0 saturated carbocycles. The second-order valence-corrected chi connectivity index (χ2v) is 11.9. The van der Waals surface area contributed by atoms with Crippen LogP contribution in [0.4, 0.5) is 0 Å². The average molecular weight is 572 g/mol. The smallest absolute Gasteiger partial charge is 0.253 e. The van der Waals surface area contributed by atoms with Crippen LogP contribution in [0.5, 0.6) is 11.5 Å². The van der Waals surface area contributed by atoms with Gasteiger partial charge in [0.1, 0.15) is 6.04 Å². The number of benzene rings is 2. The molecule has 2 saturated heterocycles. The van der Waals surface area contributed by atoms with Gasteiger partial charge < -0.3 is 19.4 Å². The number of methoxy groups -OCH3 is 2. The molecule has 1 unspecified atom stereocenters. The van der Waals surface area contributed by atoms with E-state index in [1.54, 1.807) is 14.2 Å². The molecule has 0 amide bonds. The maximum atomic E-state index is 13.8. The first-order valence-corrected chi connectivity index (χ1v) is 15.0. The molecule has 2 aliphatic heterocycles. The Bertz CT molecular complexity index is 1540. The number of aromatic nitrogens is 5. The fraction of sp³-hybridized carbons (Fsp3) is 0.500. The Balaban J connectivity index is 1.34. The summed E-state index contributed by atoms with van der Waals surface area (Å²) in [7, 11) is 5.39. The molecule has 0 spiro atoms. The van der Waals surface area contributed by atoms with Gasteiger partial charge in [-0.3, -0.25) is 9.69 Å². The normalized spacial score (nSPS) is 18.4. The number of piperidine rings is 2. The van der Waals surface area contributed by atoms with Gasteiger partial charge in [-0.15, -0.1) is 5.10 Å². The Morgan fingerprint density at radius 2 is 1.62 bits per heavy atom. The van der Waals surface area contributed by atoms with Gasteiger partial charge in [0.05, 0.1) is 19.7 Å². The summed E-state index contributed by atoms with van der Waals surface area (Å²) in [6.45, 7) is 4.65. The summed E-state index contributed by atoms with van der Waals surface area (Å²) >= 11 is 0. The van der Waals surface area contributed by atoms with Gasteiger partial charge in [-0.05, 0) is 105 Å². The van der Waals surface area contributed by atoms with Crippen LogP contribution in [0.2, 0.25) is 0 Å². The molecule has 4 heterocycles. The molecule has 0 aliphatic carbocycles. The third-order valence-corrected chi connectivity index (χ3v) is 9.13. The van der Waals surface area contributed by atoms with Crippen molar-refractivity contribution in [3.8, 4) is 11.5 Å². The van der Waals surface area contributed by atoms with Crippen LogP contribution in [0.3, 0.4) is 0 Å². The van der Waals surface area contributed by atoms with E-state index in [0.29, 0.717) is 34.4 Å². The van der Waals surface area contributed by atoms with Crippen molar-refractivity contribution in [2.24, 2.45) is 11.8 Å². The number of fused-ring (bicyclic) bond motifs is 1. The van der Waals surface area contributed by atoms with Crippen molar-refractivity contribution in [1.29, 1.82) is 0 Å². The fourth-order valence-corrected chi connectivity index (χ4v) is 6.64. The van der Waals surface area contributed by atoms with Crippen LogP contribution in [0.1, 0.15) is 48.7 Å². The Morgan fingerprint density at radius 1 is 0.929 bits per heavy atom. The van der Waals surface area contributed by atoms with Crippen molar-refractivity contribution in [3.63, 3.8) is 0 Å². The van der Waals surface area contributed by atoms with Crippen LogP contribution in [-0.4, -0.2) is 82.4 Å². The minimum atomic E-state index is -0.356. The highest BCUT2D eigenvalue weighted by atomic mass is 16.5. The van der Waals surface area contributed by atoms with Crippen molar-refractivity contribution in [2.45, 2.75) is 44.7 Å². The largest absolute Gasteiger partial charge is 0.493 e. The Labute approximate surface area is 246 Å². The van der Waals surface area contributed by atoms with Gasteiger partial charge >= 0.3 is 0 Å². The van der Waals surface area contributed by atoms with Crippen molar-refractivity contribution in [2.75, 3.05) is 47.4 Å². The van der Waals surface area contributed by atoms with Crippen molar-refractivity contribution in [3.05, 3.63) is 75.8 Å².